The first-order valence-electron chi connectivity index (χ1n) is 7.51. The van der Waals surface area contributed by atoms with Gasteiger partial charge < -0.3 is 15.3 Å². The molecular weight excluding hydrogens is 258 g/mol. The first kappa shape index (κ1) is 16.8. The number of hydrogen-bond donors (Lipinski definition) is 2. The number of carbonyl (C=O) groups excluding carboxylic acids is 1. The number of hydrogen-bond acceptors (Lipinski definition) is 3. The molecule has 6 nitrogen and oxygen atoms in total. The average Bonchev–Trinajstić information content (AvgIpc) is 2.42. The zero-order valence-corrected chi connectivity index (χ0v) is 12.8. The highest BCUT2D eigenvalue weighted by molar-refractivity contribution is 5.82. The summed E-state index contributed by atoms with van der Waals surface area (Å²) in [6, 6.07) is -0.712. The standard InChI is InChI=1S/C14H27N3O3/c1-4-6-7-12(13(18)19)15-14(20)17-9-8-16(5-2)11(3)10-17/h11-12H,4-10H2,1-3H3,(H,15,20)(H,18,19)/t11?,12-/m0/s1. The molecule has 20 heavy (non-hydrogen) atoms. The summed E-state index contributed by atoms with van der Waals surface area (Å²) in [5, 5.41) is 11.8. The van der Waals surface area contributed by atoms with Crippen molar-refractivity contribution in [3.8, 4) is 0 Å². The number of unbranched alkanes of at least 4 members (excludes halogenated alkanes) is 1. The topological polar surface area (TPSA) is 72.9 Å². The minimum atomic E-state index is -0.952. The molecule has 0 spiro atoms. The molecule has 6 heteroatoms. The van der Waals surface area contributed by atoms with Crippen LogP contribution >= 0.6 is 0 Å². The van der Waals surface area contributed by atoms with Crippen LogP contribution in [0, 0.1) is 0 Å². The molecule has 2 amide bonds. The highest BCUT2D eigenvalue weighted by Crippen LogP contribution is 2.10. The summed E-state index contributed by atoms with van der Waals surface area (Å²) >= 11 is 0. The molecule has 1 fully saturated rings. The lowest BCUT2D eigenvalue weighted by molar-refractivity contribution is -0.139. The van der Waals surface area contributed by atoms with Gasteiger partial charge >= 0.3 is 12.0 Å². The highest BCUT2D eigenvalue weighted by Gasteiger charge is 2.28. The fourth-order valence-corrected chi connectivity index (χ4v) is 2.56. The maximum absolute atomic E-state index is 12.1. The van der Waals surface area contributed by atoms with Gasteiger partial charge in [-0.2, -0.15) is 0 Å². The fraction of sp³-hybridized carbons (Fsp3) is 0.857. The van der Waals surface area contributed by atoms with E-state index in [1.165, 1.54) is 0 Å². The number of aliphatic carboxylic acids is 1. The summed E-state index contributed by atoms with van der Waals surface area (Å²) in [5.41, 5.74) is 0. The van der Waals surface area contributed by atoms with Gasteiger partial charge in [0.1, 0.15) is 6.04 Å². The predicted molar refractivity (Wildman–Crippen MR) is 77.8 cm³/mol. The van der Waals surface area contributed by atoms with Crippen LogP contribution in [0.3, 0.4) is 0 Å². The Bertz CT molecular complexity index is 336. The number of carbonyl (C=O) groups is 2. The number of likely N-dealkylation sites (N-methyl/N-ethyl adjacent to an activating group) is 1. The van der Waals surface area contributed by atoms with Crippen LogP contribution in [0.15, 0.2) is 0 Å². The maximum atomic E-state index is 12.1. The van der Waals surface area contributed by atoms with E-state index >= 15 is 0 Å². The summed E-state index contributed by atoms with van der Waals surface area (Å²) in [6.07, 6.45) is 2.21. The van der Waals surface area contributed by atoms with Gasteiger partial charge in [-0.15, -0.1) is 0 Å². The molecule has 0 aromatic rings. The number of nitrogens with zero attached hydrogens (tertiary/aromatic N) is 2. The number of urea groups is 1. The van der Waals surface area contributed by atoms with Crippen molar-refractivity contribution in [2.75, 3.05) is 26.2 Å². The lowest BCUT2D eigenvalue weighted by atomic mass is 10.1. The number of carboxylic acids is 1. The normalized spacial score (nSPS) is 21.6. The zero-order valence-electron chi connectivity index (χ0n) is 12.8. The maximum Gasteiger partial charge on any atom is 0.326 e. The monoisotopic (exact) mass is 285 g/mol. The van der Waals surface area contributed by atoms with Crippen molar-refractivity contribution < 1.29 is 14.7 Å². The highest BCUT2D eigenvalue weighted by atomic mass is 16.4. The van der Waals surface area contributed by atoms with Crippen LogP contribution in [0.2, 0.25) is 0 Å². The first-order valence-corrected chi connectivity index (χ1v) is 7.51. The van der Waals surface area contributed by atoms with Gasteiger partial charge in [0.15, 0.2) is 0 Å². The molecule has 2 atom stereocenters. The summed E-state index contributed by atoms with van der Waals surface area (Å²) in [4.78, 5) is 27.3. The Kier molecular flexibility index (Phi) is 6.78. The summed E-state index contributed by atoms with van der Waals surface area (Å²) < 4.78 is 0. The third kappa shape index (κ3) is 4.67. The third-order valence-corrected chi connectivity index (χ3v) is 3.90. The van der Waals surface area contributed by atoms with E-state index in [9.17, 15) is 9.59 Å². The van der Waals surface area contributed by atoms with E-state index in [0.29, 0.717) is 25.6 Å². The van der Waals surface area contributed by atoms with Crippen LogP contribution in [0.5, 0.6) is 0 Å². The lowest BCUT2D eigenvalue weighted by Gasteiger charge is -2.39. The molecule has 0 radical (unpaired) electrons. The molecule has 2 N–H and O–H groups in total. The molecule has 1 heterocycles. The molecule has 0 bridgehead atoms. The molecule has 0 saturated carbocycles. The number of piperazine rings is 1. The smallest absolute Gasteiger partial charge is 0.326 e. The van der Waals surface area contributed by atoms with Gasteiger partial charge in [0.05, 0.1) is 0 Å². The summed E-state index contributed by atoms with van der Waals surface area (Å²) in [7, 11) is 0. The van der Waals surface area contributed by atoms with E-state index in [-0.39, 0.29) is 6.03 Å². The molecule has 1 saturated heterocycles. The van der Waals surface area contributed by atoms with Crippen molar-refractivity contribution in [3.63, 3.8) is 0 Å². The van der Waals surface area contributed by atoms with Gasteiger partial charge in [-0.1, -0.05) is 26.7 Å². The Morgan fingerprint density at radius 2 is 2.05 bits per heavy atom. The van der Waals surface area contributed by atoms with Crippen LogP contribution in [0.4, 0.5) is 4.79 Å². The predicted octanol–water partition coefficient (Wildman–Crippen LogP) is 1.37. The van der Waals surface area contributed by atoms with Crippen molar-refractivity contribution >= 4 is 12.0 Å². The van der Waals surface area contributed by atoms with E-state index in [0.717, 1.165) is 25.9 Å². The molecule has 1 rings (SSSR count). The van der Waals surface area contributed by atoms with Gasteiger partial charge in [-0.3, -0.25) is 4.90 Å². The van der Waals surface area contributed by atoms with E-state index in [1.807, 2.05) is 6.92 Å². The minimum absolute atomic E-state index is 0.254. The Hall–Kier alpha value is -1.30. The van der Waals surface area contributed by atoms with Gasteiger partial charge in [-0.25, -0.2) is 9.59 Å². The molecule has 0 aromatic heterocycles. The van der Waals surface area contributed by atoms with E-state index in [2.05, 4.69) is 24.1 Å². The largest absolute Gasteiger partial charge is 0.480 e. The lowest BCUT2D eigenvalue weighted by Crippen LogP contribution is -2.57. The number of amides is 2. The van der Waals surface area contributed by atoms with Gasteiger partial charge in [0, 0.05) is 25.7 Å². The SMILES string of the molecule is CCCC[C@H](NC(=O)N1CCN(CC)C(C)C1)C(=O)O. The summed E-state index contributed by atoms with van der Waals surface area (Å²) in [6.45, 7) is 9.34. The zero-order chi connectivity index (χ0) is 15.1. The molecule has 116 valence electrons. The number of nitrogens with one attached hydrogen (secondary N) is 1. The van der Waals surface area contributed by atoms with E-state index < -0.39 is 12.0 Å². The molecule has 0 aliphatic carbocycles. The quantitative estimate of drug-likeness (QED) is 0.773. The van der Waals surface area contributed by atoms with Gasteiger partial charge in [0.25, 0.3) is 0 Å². The number of rotatable bonds is 6. The van der Waals surface area contributed by atoms with Gasteiger partial charge in [0.2, 0.25) is 0 Å². The van der Waals surface area contributed by atoms with Crippen molar-refractivity contribution in [1.82, 2.24) is 15.1 Å². The molecule has 0 aromatic carbocycles. The molecule has 1 aliphatic heterocycles. The van der Waals surface area contributed by atoms with Gasteiger partial charge in [-0.05, 0) is 19.9 Å². The van der Waals surface area contributed by atoms with Crippen LogP contribution in [-0.2, 0) is 4.79 Å². The molecule has 1 unspecified atom stereocenters. The Morgan fingerprint density at radius 3 is 2.55 bits per heavy atom. The second kappa shape index (κ2) is 8.09. The average molecular weight is 285 g/mol. The molecular formula is C14H27N3O3. The molecule has 1 aliphatic rings. The second-order valence-electron chi connectivity index (χ2n) is 5.41. The van der Waals surface area contributed by atoms with Crippen molar-refractivity contribution in [1.29, 1.82) is 0 Å². The van der Waals surface area contributed by atoms with Crippen LogP contribution in [-0.4, -0.2) is 65.2 Å². The fourth-order valence-electron chi connectivity index (χ4n) is 2.56. The Morgan fingerprint density at radius 1 is 1.35 bits per heavy atom. The van der Waals surface area contributed by atoms with Crippen LogP contribution in [0.1, 0.15) is 40.0 Å². The number of carboxylic acid groups (broad SMARTS) is 1. The third-order valence-electron chi connectivity index (χ3n) is 3.90. The van der Waals surface area contributed by atoms with Crippen LogP contribution in [0.25, 0.3) is 0 Å². The van der Waals surface area contributed by atoms with Crippen molar-refractivity contribution in [3.05, 3.63) is 0 Å². The van der Waals surface area contributed by atoms with Crippen LogP contribution < -0.4 is 5.32 Å². The first-order chi connectivity index (χ1) is 9.49. The van der Waals surface area contributed by atoms with Crippen molar-refractivity contribution in [2.45, 2.75) is 52.1 Å². The Labute approximate surface area is 121 Å². The van der Waals surface area contributed by atoms with Crippen molar-refractivity contribution in [2.24, 2.45) is 0 Å². The Balaban J connectivity index is 2.50. The van der Waals surface area contributed by atoms with E-state index in [1.54, 1.807) is 4.90 Å². The summed E-state index contributed by atoms with van der Waals surface area (Å²) in [5.74, 6) is -0.952. The second-order valence-corrected chi connectivity index (χ2v) is 5.41. The minimum Gasteiger partial charge on any atom is -0.480 e. The van der Waals surface area contributed by atoms with E-state index in [4.69, 9.17) is 5.11 Å².